The number of ether oxygens (including phenoxy) is 6. The maximum absolute atomic E-state index is 13.5. The molecule has 0 spiro atoms. The lowest BCUT2D eigenvalue weighted by atomic mass is 9.88. The zero-order valence-electron chi connectivity index (χ0n) is 34.5. The summed E-state index contributed by atoms with van der Waals surface area (Å²) in [4.78, 5) is 30.0. The fourth-order valence-electron chi connectivity index (χ4n) is 6.50. The van der Waals surface area contributed by atoms with E-state index in [1.165, 1.54) is 0 Å². The summed E-state index contributed by atoms with van der Waals surface area (Å²) >= 11 is 0. The summed E-state index contributed by atoms with van der Waals surface area (Å²) in [6.45, 7) is 17.4. The number of methoxy groups -OCH3 is 2. The van der Waals surface area contributed by atoms with Gasteiger partial charge in [-0.25, -0.2) is 4.68 Å². The second kappa shape index (κ2) is 25.8. The van der Waals surface area contributed by atoms with Gasteiger partial charge < -0.3 is 48.9 Å². The average molecular weight is 756 g/mol. The maximum Gasteiger partial charge on any atom is 0.222 e. The number of rotatable bonds is 29. The molecule has 308 valence electrons. The van der Waals surface area contributed by atoms with Crippen LogP contribution in [0.3, 0.4) is 0 Å². The smallest absolute Gasteiger partial charge is 0.222 e. The van der Waals surface area contributed by atoms with E-state index in [2.05, 4.69) is 67.6 Å². The first-order chi connectivity index (χ1) is 25.4. The van der Waals surface area contributed by atoms with Gasteiger partial charge in [-0.15, -0.1) is 5.10 Å². The molecule has 15 heteroatoms. The van der Waals surface area contributed by atoms with E-state index in [0.717, 1.165) is 43.9 Å². The van der Waals surface area contributed by atoms with Gasteiger partial charge in [0.25, 0.3) is 0 Å². The molecule has 1 unspecified atom stereocenters. The first-order valence-electron chi connectivity index (χ1n) is 19.5. The molecule has 0 radical (unpaired) electrons. The van der Waals surface area contributed by atoms with Crippen molar-refractivity contribution in [1.29, 1.82) is 0 Å². The van der Waals surface area contributed by atoms with Crippen LogP contribution in [0.4, 0.5) is 0 Å². The highest BCUT2D eigenvalue weighted by molar-refractivity contribution is 5.79. The minimum atomic E-state index is -0.476. The highest BCUT2D eigenvalue weighted by Gasteiger charge is 2.36. The molecule has 0 saturated carbocycles. The van der Waals surface area contributed by atoms with Crippen LogP contribution in [0.5, 0.6) is 0 Å². The van der Waals surface area contributed by atoms with Crippen molar-refractivity contribution in [3.8, 4) is 0 Å². The van der Waals surface area contributed by atoms with E-state index >= 15 is 0 Å². The van der Waals surface area contributed by atoms with Crippen LogP contribution in [0.25, 0.3) is 0 Å². The minimum Gasteiger partial charge on any atom is -0.380 e. The molecular formula is C38H73N7O8. The number of aromatic nitrogens is 3. The van der Waals surface area contributed by atoms with Crippen molar-refractivity contribution in [2.45, 2.75) is 91.4 Å². The van der Waals surface area contributed by atoms with Crippen LogP contribution in [-0.2, 0) is 51.0 Å². The van der Waals surface area contributed by atoms with E-state index in [-0.39, 0.29) is 35.5 Å². The van der Waals surface area contributed by atoms with Crippen LogP contribution in [0, 0.1) is 10.8 Å². The molecule has 0 bridgehead atoms. The normalized spacial score (nSPS) is 17.7. The van der Waals surface area contributed by atoms with Crippen molar-refractivity contribution in [2.24, 2.45) is 10.8 Å². The Kier molecular flexibility index (Phi) is 22.8. The molecule has 0 saturated heterocycles. The van der Waals surface area contributed by atoms with Crippen LogP contribution < -0.4 is 10.6 Å². The van der Waals surface area contributed by atoms with Crippen molar-refractivity contribution in [3.05, 3.63) is 11.4 Å². The van der Waals surface area contributed by atoms with Gasteiger partial charge in [-0.05, 0) is 53.4 Å². The molecule has 1 aromatic rings. The van der Waals surface area contributed by atoms with Crippen molar-refractivity contribution in [3.63, 3.8) is 0 Å². The maximum atomic E-state index is 13.5. The first-order valence-corrected chi connectivity index (χ1v) is 19.5. The van der Waals surface area contributed by atoms with Gasteiger partial charge >= 0.3 is 0 Å². The Hall–Kier alpha value is -2.24. The highest BCUT2D eigenvalue weighted by Crippen LogP contribution is 2.31. The van der Waals surface area contributed by atoms with E-state index in [1.54, 1.807) is 14.2 Å². The van der Waals surface area contributed by atoms with Gasteiger partial charge in [0.15, 0.2) is 0 Å². The minimum absolute atomic E-state index is 0.0136. The molecule has 2 heterocycles. The Morgan fingerprint density at radius 3 is 2.15 bits per heavy atom. The van der Waals surface area contributed by atoms with Gasteiger partial charge in [0, 0.05) is 83.7 Å². The van der Waals surface area contributed by atoms with Crippen molar-refractivity contribution in [1.82, 2.24) is 35.4 Å². The summed E-state index contributed by atoms with van der Waals surface area (Å²) in [6.07, 6.45) is 3.30. The fourth-order valence-corrected chi connectivity index (χ4v) is 6.50. The SMILES string of the molecule is CCC(C)(COCC(C)(C)CN(C)C)Cn1nnc2c1CCN(C(=O)CCCC(=O)NCCCOCCOCCOCCCNC)C[C@H](OC)[C@H]2OC. The number of amides is 2. The molecule has 1 aliphatic rings. The number of hydrogen-bond acceptors (Lipinski definition) is 12. The van der Waals surface area contributed by atoms with Crippen LogP contribution >= 0.6 is 0 Å². The Balaban J connectivity index is 1.80. The van der Waals surface area contributed by atoms with E-state index in [9.17, 15) is 9.59 Å². The lowest BCUT2D eigenvalue weighted by Gasteiger charge is -2.34. The molecule has 15 nitrogen and oxygen atoms in total. The molecule has 53 heavy (non-hydrogen) atoms. The number of nitrogens with zero attached hydrogens (tertiary/aromatic N) is 5. The lowest BCUT2D eigenvalue weighted by Crippen LogP contribution is -2.44. The van der Waals surface area contributed by atoms with E-state index < -0.39 is 12.2 Å². The summed E-state index contributed by atoms with van der Waals surface area (Å²) in [6, 6.07) is 0. The van der Waals surface area contributed by atoms with E-state index in [0.29, 0.717) is 91.7 Å². The standard InChI is InChI=1S/C38H73N7O8/c1-10-38(4,30-53-29-37(2,3)27-43(6)7)28-45-31-16-19-44(26-32(48-8)36(49-9)35(31)41-42-45)34(47)15-11-14-33(46)40-18-13-21-51-23-25-52-24-22-50-20-12-17-39-5/h32,36,39H,10-30H2,1-9H3,(H,40,46)/t32-,36+,38?/m0/s1. The molecule has 0 fully saturated rings. The highest BCUT2D eigenvalue weighted by atomic mass is 16.5. The zero-order valence-corrected chi connectivity index (χ0v) is 34.5. The topological polar surface area (TPSA) is 151 Å². The molecule has 2 rings (SSSR count). The van der Waals surface area contributed by atoms with Crippen molar-refractivity contribution in [2.75, 3.05) is 121 Å². The van der Waals surface area contributed by atoms with Gasteiger partial charge in [-0.3, -0.25) is 9.59 Å². The van der Waals surface area contributed by atoms with Crippen molar-refractivity contribution < 1.29 is 38.0 Å². The summed E-state index contributed by atoms with van der Waals surface area (Å²) in [5.74, 6) is -0.0816. The molecule has 3 atom stereocenters. The zero-order chi connectivity index (χ0) is 39.1. The average Bonchev–Trinajstić information content (AvgIpc) is 3.48. The van der Waals surface area contributed by atoms with Gasteiger partial charge in [0.05, 0.1) is 51.9 Å². The predicted octanol–water partition coefficient (Wildman–Crippen LogP) is 2.72. The fraction of sp³-hybridized carbons (Fsp3) is 0.895. The quantitative estimate of drug-likeness (QED) is 0.116. The molecule has 0 aromatic carbocycles. The van der Waals surface area contributed by atoms with Gasteiger partial charge in [0.2, 0.25) is 11.8 Å². The molecule has 2 amide bonds. The lowest BCUT2D eigenvalue weighted by molar-refractivity contribution is -0.135. The van der Waals surface area contributed by atoms with Crippen LogP contribution in [-0.4, -0.2) is 164 Å². The van der Waals surface area contributed by atoms with Gasteiger partial charge in [-0.1, -0.05) is 32.9 Å². The number of fused-ring (bicyclic) bond motifs is 1. The van der Waals surface area contributed by atoms with Crippen LogP contribution in [0.2, 0.25) is 0 Å². The number of nitrogens with one attached hydrogen (secondary N) is 2. The summed E-state index contributed by atoms with van der Waals surface area (Å²) in [7, 11) is 9.35. The summed E-state index contributed by atoms with van der Waals surface area (Å²) < 4.78 is 36.6. The second-order valence-electron chi connectivity index (χ2n) is 15.5. The Labute approximate surface area is 319 Å². The first kappa shape index (κ1) is 46.9. The third-order valence-corrected chi connectivity index (χ3v) is 9.52. The second-order valence-corrected chi connectivity index (χ2v) is 15.5. The molecule has 0 aliphatic carbocycles. The molecule has 2 N–H and O–H groups in total. The largest absolute Gasteiger partial charge is 0.380 e. The number of carbonyl (C=O) groups excluding carboxylic acids is 2. The number of hydrogen-bond donors (Lipinski definition) is 2. The Bertz CT molecular complexity index is 1150. The van der Waals surface area contributed by atoms with Crippen molar-refractivity contribution >= 4 is 11.8 Å². The van der Waals surface area contributed by atoms with Gasteiger partial charge in [-0.2, -0.15) is 0 Å². The molecule has 1 aliphatic heterocycles. The molecular weight excluding hydrogens is 682 g/mol. The third kappa shape index (κ3) is 18.3. The Morgan fingerprint density at radius 2 is 1.55 bits per heavy atom. The van der Waals surface area contributed by atoms with Crippen LogP contribution in [0.15, 0.2) is 0 Å². The molecule has 1 aromatic heterocycles. The Morgan fingerprint density at radius 1 is 0.887 bits per heavy atom. The van der Waals surface area contributed by atoms with Gasteiger partial charge in [0.1, 0.15) is 17.9 Å². The van der Waals surface area contributed by atoms with E-state index in [4.69, 9.17) is 28.4 Å². The number of carbonyl (C=O) groups is 2. The van der Waals surface area contributed by atoms with E-state index in [1.807, 2.05) is 16.6 Å². The summed E-state index contributed by atoms with van der Waals surface area (Å²) in [5.41, 5.74) is 1.57. The predicted molar refractivity (Wildman–Crippen MR) is 205 cm³/mol. The third-order valence-electron chi connectivity index (χ3n) is 9.52. The summed E-state index contributed by atoms with van der Waals surface area (Å²) in [5, 5.41) is 15.2. The monoisotopic (exact) mass is 756 g/mol. The van der Waals surface area contributed by atoms with Crippen LogP contribution in [0.1, 0.15) is 83.7 Å².